The average molecular weight is 616 g/mol. The highest BCUT2D eigenvalue weighted by Crippen LogP contribution is 2.70. The lowest BCUT2D eigenvalue weighted by atomic mass is 9.41. The second-order valence-corrected chi connectivity index (χ2v) is 15.5. The van der Waals surface area contributed by atoms with Gasteiger partial charge < -0.3 is 19.5 Å². The van der Waals surface area contributed by atoms with Gasteiger partial charge in [0, 0.05) is 42.7 Å². The fraction of sp³-hybridized carbons (Fsp3) is 0.658. The molecule has 7 nitrogen and oxygen atoms in total. The van der Waals surface area contributed by atoms with E-state index in [4.69, 9.17) is 14.2 Å². The molecule has 7 heteroatoms. The Morgan fingerprint density at radius 1 is 0.911 bits per heavy atom. The highest BCUT2D eigenvalue weighted by Gasteiger charge is 2.71. The third-order valence-electron chi connectivity index (χ3n) is 13.3. The first kappa shape index (κ1) is 30.6. The zero-order chi connectivity index (χ0) is 31.7. The highest BCUT2D eigenvalue weighted by molar-refractivity contribution is 5.94. The van der Waals surface area contributed by atoms with Crippen LogP contribution >= 0.6 is 0 Å². The minimum absolute atomic E-state index is 0.0854. The van der Waals surface area contributed by atoms with Crippen molar-refractivity contribution in [2.24, 2.45) is 46.3 Å². The first-order chi connectivity index (χ1) is 21.5. The van der Waals surface area contributed by atoms with Crippen molar-refractivity contribution in [1.82, 2.24) is 0 Å². The average Bonchev–Trinajstić information content (AvgIpc) is 3.34. The largest absolute Gasteiger partial charge is 0.463 e. The van der Waals surface area contributed by atoms with Gasteiger partial charge in [-0.15, -0.1) is 0 Å². The van der Waals surface area contributed by atoms with Crippen LogP contribution in [0.1, 0.15) is 86.0 Å². The van der Waals surface area contributed by atoms with E-state index in [1.54, 1.807) is 0 Å². The van der Waals surface area contributed by atoms with E-state index >= 15 is 0 Å². The lowest BCUT2D eigenvalue weighted by Crippen LogP contribution is -2.71. The number of nitrogens with one attached hydrogen (secondary N) is 1. The van der Waals surface area contributed by atoms with Crippen molar-refractivity contribution in [2.75, 3.05) is 5.32 Å². The summed E-state index contributed by atoms with van der Waals surface area (Å²) in [5.74, 6) is 0.912. The molecule has 5 aliphatic rings. The molecule has 2 aromatic rings. The third kappa shape index (κ3) is 4.95. The van der Waals surface area contributed by atoms with Gasteiger partial charge in [-0.25, -0.2) is 0 Å². The summed E-state index contributed by atoms with van der Waals surface area (Å²) in [6.07, 6.45) is 5.99. The van der Waals surface area contributed by atoms with E-state index in [0.29, 0.717) is 18.3 Å². The molecule has 0 aromatic heterocycles. The Bertz CT molecular complexity index is 1480. The van der Waals surface area contributed by atoms with Crippen LogP contribution in [0.5, 0.6) is 0 Å². The van der Waals surface area contributed by atoms with E-state index in [-0.39, 0.29) is 76.8 Å². The summed E-state index contributed by atoms with van der Waals surface area (Å²) < 4.78 is 18.8. The predicted octanol–water partition coefficient (Wildman–Crippen LogP) is 7.31. The monoisotopic (exact) mass is 615 g/mol. The van der Waals surface area contributed by atoms with Gasteiger partial charge in [0.2, 0.25) is 0 Å². The Kier molecular flexibility index (Phi) is 7.68. The number of benzene rings is 2. The van der Waals surface area contributed by atoms with E-state index in [2.05, 4.69) is 68.6 Å². The van der Waals surface area contributed by atoms with Crippen LogP contribution in [-0.2, 0) is 28.6 Å². The third-order valence-corrected chi connectivity index (χ3v) is 13.3. The molecule has 5 fully saturated rings. The second kappa shape index (κ2) is 11.3. The summed E-state index contributed by atoms with van der Waals surface area (Å²) in [6, 6.07) is 14.6. The maximum Gasteiger partial charge on any atom is 0.306 e. The van der Waals surface area contributed by atoms with Gasteiger partial charge in [0.05, 0.1) is 6.04 Å². The van der Waals surface area contributed by atoms with E-state index in [9.17, 15) is 14.4 Å². The van der Waals surface area contributed by atoms with Gasteiger partial charge in [-0.05, 0) is 91.4 Å². The lowest BCUT2D eigenvalue weighted by Gasteiger charge is -2.67. The van der Waals surface area contributed by atoms with E-state index < -0.39 is 0 Å². The topological polar surface area (TPSA) is 90.9 Å². The molecule has 4 aliphatic carbocycles. The van der Waals surface area contributed by atoms with Crippen molar-refractivity contribution in [2.45, 2.75) is 110 Å². The van der Waals surface area contributed by atoms with Crippen molar-refractivity contribution in [3.8, 4) is 0 Å². The molecule has 242 valence electrons. The first-order valence-electron chi connectivity index (χ1n) is 17.3. The Morgan fingerprint density at radius 3 is 2.42 bits per heavy atom. The van der Waals surface area contributed by atoms with Crippen LogP contribution < -0.4 is 5.32 Å². The molecule has 0 amide bonds. The Balaban J connectivity index is 1.41. The number of carbonyl (C=O) groups is 3. The zero-order valence-electron chi connectivity index (χ0n) is 27.4. The molecule has 1 aliphatic heterocycles. The SMILES string of the molecule is CC(=O)O[C@@H]1CC[C@@]2(C)[C@@H](C1)C[C@@H](OC(C)=O)[C@@H]1[C@@H]2[C@@H](Nc2cccc3ccccc23)[C@@H]2OC(=O)CC[C@@H](C)[C@H]3CC[C@@H]1[C@@]32C. The number of hydrogen-bond donors (Lipinski definition) is 1. The fourth-order valence-corrected chi connectivity index (χ4v) is 11.5. The number of ether oxygens (including phenoxy) is 3. The molecular formula is C38H49NO6. The Hall–Kier alpha value is -3.09. The maximum atomic E-state index is 13.5. The molecular weight excluding hydrogens is 566 g/mol. The molecule has 1 N–H and O–H groups in total. The Morgan fingerprint density at radius 2 is 1.64 bits per heavy atom. The highest BCUT2D eigenvalue weighted by atomic mass is 16.6. The van der Waals surface area contributed by atoms with E-state index in [1.807, 2.05) is 0 Å². The summed E-state index contributed by atoms with van der Waals surface area (Å²) in [5, 5.41) is 6.38. The number of fused-ring (bicyclic) bond motifs is 5. The summed E-state index contributed by atoms with van der Waals surface area (Å²) in [7, 11) is 0. The maximum absolute atomic E-state index is 13.5. The van der Waals surface area contributed by atoms with E-state index in [0.717, 1.165) is 61.4 Å². The number of carbonyl (C=O) groups excluding carboxylic acids is 3. The fourth-order valence-electron chi connectivity index (χ4n) is 11.5. The smallest absolute Gasteiger partial charge is 0.306 e. The van der Waals surface area contributed by atoms with Gasteiger partial charge >= 0.3 is 17.9 Å². The van der Waals surface area contributed by atoms with Crippen molar-refractivity contribution in [1.29, 1.82) is 0 Å². The minimum atomic E-state index is -0.315. The number of anilines is 1. The second-order valence-electron chi connectivity index (χ2n) is 15.5. The van der Waals surface area contributed by atoms with Gasteiger partial charge in [0.15, 0.2) is 0 Å². The molecule has 12 atom stereocenters. The van der Waals surface area contributed by atoms with Gasteiger partial charge in [-0.3, -0.25) is 14.4 Å². The Labute approximate surface area is 267 Å². The van der Waals surface area contributed by atoms with Gasteiger partial charge in [-0.2, -0.15) is 0 Å². The molecule has 7 rings (SSSR count). The van der Waals surface area contributed by atoms with Crippen LogP contribution in [-0.4, -0.2) is 42.3 Å². The van der Waals surface area contributed by atoms with Crippen molar-refractivity contribution in [3.05, 3.63) is 42.5 Å². The van der Waals surface area contributed by atoms with Gasteiger partial charge in [-0.1, -0.05) is 57.2 Å². The van der Waals surface area contributed by atoms with Crippen LogP contribution in [0.4, 0.5) is 5.69 Å². The lowest BCUT2D eigenvalue weighted by molar-refractivity contribution is -0.231. The molecule has 45 heavy (non-hydrogen) atoms. The van der Waals surface area contributed by atoms with Crippen LogP contribution in [0.15, 0.2) is 42.5 Å². The molecule has 4 saturated carbocycles. The first-order valence-corrected chi connectivity index (χ1v) is 17.3. The molecule has 2 aromatic carbocycles. The summed E-state index contributed by atoms with van der Waals surface area (Å²) >= 11 is 0. The van der Waals surface area contributed by atoms with Crippen LogP contribution in [0, 0.1) is 46.3 Å². The van der Waals surface area contributed by atoms with Gasteiger partial charge in [0.25, 0.3) is 0 Å². The predicted molar refractivity (Wildman–Crippen MR) is 172 cm³/mol. The normalized spacial score (nSPS) is 42.2. The van der Waals surface area contributed by atoms with Crippen molar-refractivity contribution >= 4 is 34.4 Å². The molecule has 1 heterocycles. The molecule has 0 radical (unpaired) electrons. The molecule has 0 unspecified atom stereocenters. The molecule has 0 spiro atoms. The number of rotatable bonds is 4. The van der Waals surface area contributed by atoms with Crippen LogP contribution in [0.3, 0.4) is 0 Å². The minimum Gasteiger partial charge on any atom is -0.463 e. The number of hydrogen-bond acceptors (Lipinski definition) is 7. The van der Waals surface area contributed by atoms with Crippen molar-refractivity contribution in [3.63, 3.8) is 0 Å². The van der Waals surface area contributed by atoms with Crippen molar-refractivity contribution < 1.29 is 28.6 Å². The van der Waals surface area contributed by atoms with E-state index in [1.165, 1.54) is 13.8 Å². The number of esters is 3. The summed E-state index contributed by atoms with van der Waals surface area (Å²) in [4.78, 5) is 38.3. The molecule has 1 saturated heterocycles. The molecule has 0 bridgehead atoms. The quantitative estimate of drug-likeness (QED) is 0.285. The van der Waals surface area contributed by atoms with Crippen LogP contribution in [0.2, 0.25) is 0 Å². The standard InChI is InChI=1S/C38H49NO6/c1-21-13-16-32(42)45-36-35(39-30-12-8-10-24-9-6-7-11-27(24)30)34-33(29-15-14-28(21)38(29,36)5)31(44-23(3)41)20-25-19-26(43-22(2)40)17-18-37(25,34)4/h6-12,21,25-26,28-29,31,33-36,39H,13-20H2,1-5H3/t21-,25+,26-,28-,29+,31-,33-,34-,35-,36+,37+,38-/m1/s1. The summed E-state index contributed by atoms with van der Waals surface area (Å²) in [5.41, 5.74) is 0.665. The van der Waals surface area contributed by atoms with Crippen LogP contribution in [0.25, 0.3) is 10.8 Å². The summed E-state index contributed by atoms with van der Waals surface area (Å²) in [6.45, 7) is 10.1. The zero-order valence-corrected chi connectivity index (χ0v) is 27.4. The van der Waals surface area contributed by atoms with Gasteiger partial charge in [0.1, 0.15) is 18.3 Å².